The molecule has 2 aromatic rings. The minimum absolute atomic E-state index is 0.197. The number of nitrogens with zero attached hydrogens (tertiary/aromatic N) is 1. The molecule has 6 heteroatoms. The Hall–Kier alpha value is -2.60. The zero-order valence-electron chi connectivity index (χ0n) is 14.5. The van der Waals surface area contributed by atoms with Crippen LogP contribution in [0.4, 0.5) is 4.79 Å². The molecule has 0 N–H and O–H groups in total. The number of benzene rings is 2. The molecule has 0 aliphatic carbocycles. The van der Waals surface area contributed by atoms with Crippen LogP contribution < -0.4 is 9.47 Å². The molecular weight excluding hydrogens is 398 g/mol. The van der Waals surface area contributed by atoms with Crippen LogP contribution in [0, 0.1) is 0 Å². The lowest BCUT2D eigenvalue weighted by molar-refractivity contribution is 0.101. The molecule has 0 saturated carbocycles. The largest absolute Gasteiger partial charge is 0.452 e. The Kier molecular flexibility index (Phi) is 5.42. The lowest BCUT2D eigenvalue weighted by Crippen LogP contribution is -2.33. The molecule has 0 bridgehead atoms. The van der Waals surface area contributed by atoms with Crippen molar-refractivity contribution in [3.63, 3.8) is 0 Å². The van der Waals surface area contributed by atoms with Gasteiger partial charge in [-0.05, 0) is 43.7 Å². The molecular formula is C20H18BrNO4. The summed E-state index contributed by atoms with van der Waals surface area (Å²) in [5.74, 6) is 0.769. The third-order valence-electron chi connectivity index (χ3n) is 4.06. The van der Waals surface area contributed by atoms with Crippen molar-refractivity contribution in [1.82, 2.24) is 4.90 Å². The normalized spacial score (nSPS) is 14.1. The van der Waals surface area contributed by atoms with Crippen molar-refractivity contribution in [2.24, 2.45) is 0 Å². The first-order valence-corrected chi connectivity index (χ1v) is 9.12. The molecule has 0 aromatic heterocycles. The minimum atomic E-state index is -0.428. The van der Waals surface area contributed by atoms with Gasteiger partial charge in [0, 0.05) is 23.6 Å². The number of carbonyl (C=O) groups is 2. The fourth-order valence-corrected chi connectivity index (χ4v) is 3.01. The van der Waals surface area contributed by atoms with Gasteiger partial charge < -0.3 is 14.4 Å². The van der Waals surface area contributed by atoms with Gasteiger partial charge in [0.15, 0.2) is 5.76 Å². The minimum Gasteiger partial charge on any atom is -0.452 e. The van der Waals surface area contributed by atoms with Crippen LogP contribution in [0.15, 0.2) is 52.7 Å². The molecule has 0 saturated heterocycles. The Bertz CT molecular complexity index is 887. The SMILES string of the molecule is CCN(CC)C(=O)Oc1ccc2c(c1)O/C(=C\c1ccccc1Br)C2=O. The van der Waals surface area contributed by atoms with Gasteiger partial charge in [0.25, 0.3) is 0 Å². The number of carbonyl (C=O) groups excluding carboxylic acids is 2. The van der Waals surface area contributed by atoms with E-state index in [0.29, 0.717) is 30.2 Å². The molecule has 1 aliphatic heterocycles. The van der Waals surface area contributed by atoms with E-state index in [0.717, 1.165) is 10.0 Å². The highest BCUT2D eigenvalue weighted by molar-refractivity contribution is 9.10. The molecule has 1 aliphatic rings. The van der Waals surface area contributed by atoms with E-state index in [2.05, 4.69) is 15.9 Å². The highest BCUT2D eigenvalue weighted by atomic mass is 79.9. The maximum Gasteiger partial charge on any atom is 0.415 e. The van der Waals surface area contributed by atoms with Crippen LogP contribution in [0.1, 0.15) is 29.8 Å². The smallest absolute Gasteiger partial charge is 0.415 e. The molecule has 0 fully saturated rings. The predicted molar refractivity (Wildman–Crippen MR) is 102 cm³/mol. The van der Waals surface area contributed by atoms with Crippen molar-refractivity contribution in [3.8, 4) is 11.5 Å². The number of ketones is 1. The molecule has 1 amide bonds. The highest BCUT2D eigenvalue weighted by Crippen LogP contribution is 2.35. The van der Waals surface area contributed by atoms with Gasteiger partial charge in [0.05, 0.1) is 5.56 Å². The molecule has 2 aromatic carbocycles. The number of hydrogen-bond acceptors (Lipinski definition) is 4. The first-order chi connectivity index (χ1) is 12.5. The number of rotatable bonds is 4. The maximum atomic E-state index is 12.5. The Morgan fingerprint density at radius 2 is 1.92 bits per heavy atom. The zero-order valence-corrected chi connectivity index (χ0v) is 16.1. The first-order valence-electron chi connectivity index (χ1n) is 8.33. The van der Waals surface area contributed by atoms with E-state index in [1.165, 1.54) is 0 Å². The van der Waals surface area contributed by atoms with E-state index < -0.39 is 6.09 Å². The van der Waals surface area contributed by atoms with Gasteiger partial charge >= 0.3 is 6.09 Å². The van der Waals surface area contributed by atoms with Crippen LogP contribution in [0.2, 0.25) is 0 Å². The van der Waals surface area contributed by atoms with Crippen LogP contribution in [0.3, 0.4) is 0 Å². The van der Waals surface area contributed by atoms with Crippen LogP contribution >= 0.6 is 15.9 Å². The second-order valence-electron chi connectivity index (χ2n) is 5.66. The van der Waals surface area contributed by atoms with E-state index in [9.17, 15) is 9.59 Å². The van der Waals surface area contributed by atoms with Crippen LogP contribution in [0.25, 0.3) is 6.08 Å². The maximum absolute atomic E-state index is 12.5. The van der Waals surface area contributed by atoms with Gasteiger partial charge in [-0.25, -0.2) is 4.79 Å². The van der Waals surface area contributed by atoms with E-state index in [4.69, 9.17) is 9.47 Å². The molecule has 3 rings (SSSR count). The summed E-state index contributed by atoms with van der Waals surface area (Å²) in [6, 6.07) is 12.3. The Labute approximate surface area is 160 Å². The van der Waals surface area contributed by atoms with Gasteiger partial charge in [-0.2, -0.15) is 0 Å². The third kappa shape index (κ3) is 3.65. The van der Waals surface area contributed by atoms with E-state index >= 15 is 0 Å². The Morgan fingerprint density at radius 1 is 1.19 bits per heavy atom. The second-order valence-corrected chi connectivity index (χ2v) is 6.51. The van der Waals surface area contributed by atoms with Crippen molar-refractivity contribution in [2.45, 2.75) is 13.8 Å². The summed E-state index contributed by atoms with van der Waals surface area (Å²) in [6.45, 7) is 4.89. The summed E-state index contributed by atoms with van der Waals surface area (Å²) in [6.07, 6.45) is 1.26. The number of hydrogen-bond donors (Lipinski definition) is 0. The number of ether oxygens (including phenoxy) is 2. The van der Waals surface area contributed by atoms with Crippen molar-refractivity contribution in [3.05, 3.63) is 63.8 Å². The van der Waals surface area contributed by atoms with Gasteiger partial charge in [0.2, 0.25) is 5.78 Å². The van der Waals surface area contributed by atoms with Crippen LogP contribution in [-0.4, -0.2) is 29.9 Å². The highest BCUT2D eigenvalue weighted by Gasteiger charge is 2.28. The first kappa shape index (κ1) is 18.2. The summed E-state index contributed by atoms with van der Waals surface area (Å²) < 4.78 is 11.9. The number of halogens is 1. The molecule has 0 unspecified atom stereocenters. The van der Waals surface area contributed by atoms with E-state index in [-0.39, 0.29) is 11.5 Å². The standard InChI is InChI=1S/C20H18BrNO4/c1-3-22(4-2)20(24)25-14-9-10-15-17(12-14)26-18(19(15)23)11-13-7-5-6-8-16(13)21/h5-12H,3-4H2,1-2H3/b18-11-. The quantitative estimate of drug-likeness (QED) is 0.665. The van der Waals surface area contributed by atoms with Crippen LogP contribution in [-0.2, 0) is 0 Å². The molecule has 1 heterocycles. The summed E-state index contributed by atoms with van der Waals surface area (Å²) in [5, 5.41) is 0. The summed E-state index contributed by atoms with van der Waals surface area (Å²) in [4.78, 5) is 26.2. The van der Waals surface area contributed by atoms with Crippen molar-refractivity contribution < 1.29 is 19.1 Å². The molecule has 26 heavy (non-hydrogen) atoms. The molecule has 0 spiro atoms. The van der Waals surface area contributed by atoms with Crippen molar-refractivity contribution in [2.75, 3.05) is 13.1 Å². The fourth-order valence-electron chi connectivity index (χ4n) is 2.61. The van der Waals surface area contributed by atoms with Gasteiger partial charge in [-0.15, -0.1) is 0 Å². The number of Topliss-reactive ketones (excluding diaryl/α,β-unsaturated/α-hetero) is 1. The lowest BCUT2D eigenvalue weighted by atomic mass is 10.1. The van der Waals surface area contributed by atoms with E-state index in [1.807, 2.05) is 38.1 Å². The predicted octanol–water partition coefficient (Wildman–Crippen LogP) is 4.91. The number of allylic oxidation sites excluding steroid dienone is 1. The number of amides is 1. The average Bonchev–Trinajstić information content (AvgIpc) is 2.93. The number of fused-ring (bicyclic) bond motifs is 1. The molecule has 5 nitrogen and oxygen atoms in total. The Morgan fingerprint density at radius 3 is 2.62 bits per heavy atom. The molecule has 134 valence electrons. The van der Waals surface area contributed by atoms with Crippen molar-refractivity contribution in [1.29, 1.82) is 0 Å². The summed E-state index contributed by atoms with van der Waals surface area (Å²) in [7, 11) is 0. The Balaban J connectivity index is 1.82. The monoisotopic (exact) mass is 415 g/mol. The van der Waals surface area contributed by atoms with Crippen LogP contribution in [0.5, 0.6) is 11.5 Å². The zero-order chi connectivity index (χ0) is 18.7. The third-order valence-corrected chi connectivity index (χ3v) is 4.78. The lowest BCUT2D eigenvalue weighted by Gasteiger charge is -2.17. The molecule has 0 atom stereocenters. The summed E-state index contributed by atoms with van der Waals surface area (Å²) >= 11 is 3.45. The topological polar surface area (TPSA) is 55.8 Å². The fraction of sp³-hybridized carbons (Fsp3) is 0.200. The van der Waals surface area contributed by atoms with Gasteiger partial charge in [-0.1, -0.05) is 34.1 Å². The molecule has 0 radical (unpaired) electrons. The van der Waals surface area contributed by atoms with E-state index in [1.54, 1.807) is 29.2 Å². The average molecular weight is 416 g/mol. The summed E-state index contributed by atoms with van der Waals surface area (Å²) in [5.41, 5.74) is 1.29. The van der Waals surface area contributed by atoms with Gasteiger partial charge in [0.1, 0.15) is 11.5 Å². The second kappa shape index (κ2) is 7.74. The van der Waals surface area contributed by atoms with Gasteiger partial charge in [-0.3, -0.25) is 4.79 Å². The van der Waals surface area contributed by atoms with Crippen molar-refractivity contribution >= 4 is 33.9 Å².